The average Bonchev–Trinajstić information content (AvgIpc) is 2.85. The van der Waals surface area contributed by atoms with E-state index in [1.807, 2.05) is 39.8 Å². The smallest absolute Gasteiger partial charge is 0.194 e. The molecule has 0 N–H and O–H groups in total. The first-order valence-corrected chi connectivity index (χ1v) is 8.23. The highest BCUT2D eigenvalue weighted by molar-refractivity contribution is 6.23. The molecule has 1 aliphatic carbocycles. The van der Waals surface area contributed by atoms with Gasteiger partial charge in [0, 0.05) is 34.1 Å². The molecule has 2 aromatic rings. The van der Waals surface area contributed by atoms with Crippen LogP contribution in [-0.2, 0) is 0 Å². The Hall–Kier alpha value is -2.55. The molecule has 3 heteroatoms. The van der Waals surface area contributed by atoms with E-state index in [-0.39, 0.29) is 29.2 Å². The second kappa shape index (κ2) is 5.82. The van der Waals surface area contributed by atoms with Crippen molar-refractivity contribution in [1.82, 2.24) is 0 Å². The van der Waals surface area contributed by atoms with Crippen molar-refractivity contribution in [2.75, 3.05) is 0 Å². The Morgan fingerprint density at radius 2 is 1.04 bits per heavy atom. The van der Waals surface area contributed by atoms with Crippen molar-refractivity contribution in [2.45, 2.75) is 27.7 Å². The van der Waals surface area contributed by atoms with Gasteiger partial charge in [-0.1, -0.05) is 52.0 Å². The van der Waals surface area contributed by atoms with Crippen LogP contribution in [0.2, 0.25) is 0 Å². The van der Waals surface area contributed by atoms with Gasteiger partial charge in [-0.05, 0) is 23.3 Å². The van der Waals surface area contributed by atoms with E-state index in [0.29, 0.717) is 22.3 Å². The molecule has 2 aromatic carbocycles. The summed E-state index contributed by atoms with van der Waals surface area (Å²) in [5, 5.41) is 0. The average molecular weight is 320 g/mol. The van der Waals surface area contributed by atoms with Crippen LogP contribution in [0.15, 0.2) is 36.4 Å². The quantitative estimate of drug-likeness (QED) is 0.661. The van der Waals surface area contributed by atoms with Crippen LogP contribution in [0.4, 0.5) is 0 Å². The van der Waals surface area contributed by atoms with Crippen molar-refractivity contribution in [2.24, 2.45) is 11.8 Å². The van der Waals surface area contributed by atoms with Crippen LogP contribution in [0.1, 0.15) is 64.3 Å². The Bertz CT molecular complexity index is 801. The zero-order valence-electron chi connectivity index (χ0n) is 14.3. The summed E-state index contributed by atoms with van der Waals surface area (Å²) in [5.41, 5.74) is 3.88. The van der Waals surface area contributed by atoms with Crippen LogP contribution in [-0.4, -0.2) is 17.3 Å². The van der Waals surface area contributed by atoms with E-state index >= 15 is 0 Å². The number of carbonyl (C=O) groups is 3. The molecule has 0 radical (unpaired) electrons. The molecule has 0 unspecified atom stereocenters. The second-order valence-electron chi connectivity index (χ2n) is 6.89. The monoisotopic (exact) mass is 320 g/mol. The van der Waals surface area contributed by atoms with Crippen LogP contribution in [0, 0.1) is 11.8 Å². The molecule has 0 amide bonds. The first kappa shape index (κ1) is 16.3. The molecular weight excluding hydrogens is 300 g/mol. The molecule has 0 bridgehead atoms. The van der Waals surface area contributed by atoms with E-state index in [4.69, 9.17) is 0 Å². The number of carbonyl (C=O) groups excluding carboxylic acids is 3. The molecule has 0 fully saturated rings. The molecule has 1 aliphatic rings. The minimum absolute atomic E-state index is 0.0252. The number of Topliss-reactive ketones (excluding diaryl/α,β-unsaturated/α-hetero) is 2. The molecule has 122 valence electrons. The van der Waals surface area contributed by atoms with Gasteiger partial charge in [-0.25, -0.2) is 0 Å². The fraction of sp³-hybridized carbons (Fsp3) is 0.286. The number of benzene rings is 2. The predicted molar refractivity (Wildman–Crippen MR) is 93.6 cm³/mol. The fourth-order valence-electron chi connectivity index (χ4n) is 3.05. The minimum atomic E-state index is -0.114. The summed E-state index contributed by atoms with van der Waals surface area (Å²) in [6.45, 7) is 7.37. The zero-order chi connectivity index (χ0) is 17.6. The standard InChI is InChI=1S/C21H20O3/c1-11(2)19(22)13-5-7-15-16-8-6-14(20(23)12(3)4)10-18(16)21(24)17(15)9-13/h5-12H,1-4H3. The van der Waals surface area contributed by atoms with Crippen LogP contribution in [0.3, 0.4) is 0 Å². The van der Waals surface area contributed by atoms with Crippen molar-refractivity contribution < 1.29 is 14.4 Å². The topological polar surface area (TPSA) is 51.2 Å². The lowest BCUT2D eigenvalue weighted by molar-refractivity contribution is 0.0932. The van der Waals surface area contributed by atoms with Crippen LogP contribution < -0.4 is 0 Å². The molecule has 0 aliphatic heterocycles. The lowest BCUT2D eigenvalue weighted by Gasteiger charge is -2.07. The number of rotatable bonds is 4. The Kier molecular flexibility index (Phi) is 3.96. The van der Waals surface area contributed by atoms with Gasteiger partial charge < -0.3 is 0 Å². The SMILES string of the molecule is CC(C)C(=O)c1ccc2c(c1)C(=O)c1cc(C(=O)C(C)C)ccc1-2. The van der Waals surface area contributed by atoms with Gasteiger partial charge in [0.1, 0.15) is 0 Å². The number of ketones is 3. The molecule has 0 saturated carbocycles. The predicted octanol–water partition coefficient (Wildman–Crippen LogP) is 4.58. The summed E-state index contributed by atoms with van der Waals surface area (Å²) in [5.74, 6) is -0.291. The van der Waals surface area contributed by atoms with E-state index in [9.17, 15) is 14.4 Å². The maximum Gasteiger partial charge on any atom is 0.194 e. The van der Waals surface area contributed by atoms with Crippen molar-refractivity contribution >= 4 is 17.3 Å². The summed E-state index contributed by atoms with van der Waals surface area (Å²) >= 11 is 0. The Labute approximate surface area is 141 Å². The van der Waals surface area contributed by atoms with Gasteiger partial charge in [-0.15, -0.1) is 0 Å². The highest BCUT2D eigenvalue weighted by atomic mass is 16.1. The maximum absolute atomic E-state index is 12.8. The number of hydrogen-bond donors (Lipinski definition) is 0. The molecular formula is C21H20O3. The third-order valence-corrected chi connectivity index (χ3v) is 4.44. The second-order valence-corrected chi connectivity index (χ2v) is 6.89. The highest BCUT2D eigenvalue weighted by Gasteiger charge is 2.29. The summed E-state index contributed by atoms with van der Waals surface area (Å²) < 4.78 is 0. The summed E-state index contributed by atoms with van der Waals surface area (Å²) in [6.07, 6.45) is 0. The number of hydrogen-bond acceptors (Lipinski definition) is 3. The Morgan fingerprint density at radius 1 is 0.667 bits per heavy atom. The lowest BCUT2D eigenvalue weighted by Crippen LogP contribution is -2.09. The van der Waals surface area contributed by atoms with Gasteiger partial charge in [0.25, 0.3) is 0 Å². The van der Waals surface area contributed by atoms with E-state index in [1.54, 1.807) is 24.3 Å². The molecule has 0 heterocycles. The van der Waals surface area contributed by atoms with Gasteiger partial charge in [-0.2, -0.15) is 0 Å². The Balaban J connectivity index is 2.07. The van der Waals surface area contributed by atoms with Crippen LogP contribution in [0.5, 0.6) is 0 Å². The summed E-state index contributed by atoms with van der Waals surface area (Å²) in [7, 11) is 0. The normalized spacial score (nSPS) is 12.5. The molecule has 3 rings (SSSR count). The van der Waals surface area contributed by atoms with Crippen molar-refractivity contribution in [3.8, 4) is 11.1 Å². The van der Waals surface area contributed by atoms with Gasteiger partial charge in [0.15, 0.2) is 17.3 Å². The van der Waals surface area contributed by atoms with E-state index in [2.05, 4.69) is 0 Å². The summed E-state index contributed by atoms with van der Waals surface area (Å²) in [4.78, 5) is 37.1. The molecule has 24 heavy (non-hydrogen) atoms. The Morgan fingerprint density at radius 3 is 1.38 bits per heavy atom. The van der Waals surface area contributed by atoms with Crippen molar-refractivity contribution in [1.29, 1.82) is 0 Å². The highest BCUT2D eigenvalue weighted by Crippen LogP contribution is 2.38. The third kappa shape index (κ3) is 2.50. The van der Waals surface area contributed by atoms with Crippen LogP contribution >= 0.6 is 0 Å². The van der Waals surface area contributed by atoms with E-state index < -0.39 is 0 Å². The lowest BCUT2D eigenvalue weighted by atomic mass is 9.96. The van der Waals surface area contributed by atoms with E-state index in [0.717, 1.165) is 11.1 Å². The van der Waals surface area contributed by atoms with Gasteiger partial charge >= 0.3 is 0 Å². The van der Waals surface area contributed by atoms with Gasteiger partial charge in [-0.3, -0.25) is 14.4 Å². The fourth-order valence-corrected chi connectivity index (χ4v) is 3.05. The summed E-state index contributed by atoms with van der Waals surface area (Å²) in [6, 6.07) is 10.6. The molecule has 0 spiro atoms. The van der Waals surface area contributed by atoms with Crippen molar-refractivity contribution in [3.05, 3.63) is 58.7 Å². The molecule has 0 aromatic heterocycles. The van der Waals surface area contributed by atoms with Crippen molar-refractivity contribution in [3.63, 3.8) is 0 Å². The zero-order valence-corrected chi connectivity index (χ0v) is 14.3. The van der Waals surface area contributed by atoms with Gasteiger partial charge in [0.05, 0.1) is 0 Å². The number of fused-ring (bicyclic) bond motifs is 3. The minimum Gasteiger partial charge on any atom is -0.294 e. The molecule has 0 atom stereocenters. The molecule has 0 saturated heterocycles. The molecule has 3 nitrogen and oxygen atoms in total. The van der Waals surface area contributed by atoms with Crippen LogP contribution in [0.25, 0.3) is 11.1 Å². The van der Waals surface area contributed by atoms with E-state index in [1.165, 1.54) is 0 Å². The third-order valence-electron chi connectivity index (χ3n) is 4.44. The first-order chi connectivity index (χ1) is 11.3. The first-order valence-electron chi connectivity index (χ1n) is 8.23. The van der Waals surface area contributed by atoms with Gasteiger partial charge in [0.2, 0.25) is 0 Å². The largest absolute Gasteiger partial charge is 0.294 e. The maximum atomic E-state index is 12.8.